The van der Waals surface area contributed by atoms with Crippen LogP contribution in [0.4, 0.5) is 5.69 Å². The minimum atomic E-state index is -3.08. The van der Waals surface area contributed by atoms with E-state index >= 15 is 0 Å². The summed E-state index contributed by atoms with van der Waals surface area (Å²) in [5.41, 5.74) is 1.01. The highest BCUT2D eigenvalue weighted by Gasteiger charge is 2.14. The average Bonchev–Trinajstić information content (AvgIpc) is 2.37. The van der Waals surface area contributed by atoms with Gasteiger partial charge in [0.05, 0.1) is 23.1 Å². The molecule has 1 amide bonds. The molecule has 114 valence electrons. The van der Waals surface area contributed by atoms with Crippen LogP contribution in [0, 0.1) is 17.2 Å². The lowest BCUT2D eigenvalue weighted by Gasteiger charge is -2.07. The van der Waals surface area contributed by atoms with Gasteiger partial charge < -0.3 is 5.32 Å². The van der Waals surface area contributed by atoms with Crippen LogP contribution in [-0.4, -0.2) is 25.8 Å². The van der Waals surface area contributed by atoms with Crippen LogP contribution in [0.25, 0.3) is 0 Å². The molecular weight excluding hydrogens is 288 g/mol. The van der Waals surface area contributed by atoms with Gasteiger partial charge >= 0.3 is 0 Å². The normalized spacial score (nSPS) is 11.1. The molecule has 21 heavy (non-hydrogen) atoms. The van der Waals surface area contributed by atoms with Gasteiger partial charge in [0.2, 0.25) is 5.91 Å². The van der Waals surface area contributed by atoms with Crippen molar-refractivity contribution in [1.29, 1.82) is 5.26 Å². The predicted molar refractivity (Wildman–Crippen MR) is 82.5 cm³/mol. The summed E-state index contributed by atoms with van der Waals surface area (Å²) in [6, 6.07) is 8.59. The smallest absolute Gasteiger partial charge is 0.224 e. The lowest BCUT2D eigenvalue weighted by molar-refractivity contribution is -0.116. The van der Waals surface area contributed by atoms with E-state index in [1.54, 1.807) is 24.3 Å². The molecule has 1 aromatic rings. The van der Waals surface area contributed by atoms with E-state index in [4.69, 9.17) is 5.26 Å². The Kier molecular flexibility index (Phi) is 6.38. The molecule has 0 unspecified atom stereocenters. The maximum Gasteiger partial charge on any atom is 0.224 e. The Bertz CT molecular complexity index is 631. The van der Waals surface area contributed by atoms with E-state index in [9.17, 15) is 13.2 Å². The third kappa shape index (κ3) is 6.91. The molecule has 1 N–H and O–H groups in total. The fraction of sp³-hybridized carbons (Fsp3) is 0.467. The number of hydrogen-bond donors (Lipinski definition) is 1. The molecule has 1 aromatic carbocycles. The fourth-order valence-corrected chi connectivity index (χ4v) is 3.70. The molecule has 0 saturated carbocycles. The number of sulfone groups is 1. The summed E-state index contributed by atoms with van der Waals surface area (Å²) in [4.78, 5) is 11.7. The summed E-state index contributed by atoms with van der Waals surface area (Å²) in [6.45, 7) is 3.71. The quantitative estimate of drug-likeness (QED) is 0.837. The van der Waals surface area contributed by atoms with E-state index in [1.165, 1.54) is 0 Å². The topological polar surface area (TPSA) is 87.0 Å². The number of hydrogen-bond acceptors (Lipinski definition) is 4. The zero-order valence-electron chi connectivity index (χ0n) is 12.3. The second kappa shape index (κ2) is 7.79. The van der Waals surface area contributed by atoms with Crippen molar-refractivity contribution >= 4 is 21.4 Å². The number of amides is 1. The molecule has 0 bridgehead atoms. The van der Waals surface area contributed by atoms with E-state index in [0.29, 0.717) is 17.7 Å². The van der Waals surface area contributed by atoms with Crippen molar-refractivity contribution in [3.8, 4) is 6.07 Å². The van der Waals surface area contributed by atoms with Gasteiger partial charge in [-0.25, -0.2) is 8.42 Å². The maximum atomic E-state index is 11.7. The van der Waals surface area contributed by atoms with E-state index in [0.717, 1.165) is 0 Å². The van der Waals surface area contributed by atoms with Crippen LogP contribution in [0.3, 0.4) is 0 Å². The number of nitrogens with one attached hydrogen (secondary N) is 1. The predicted octanol–water partition coefficient (Wildman–Crippen LogP) is 2.35. The molecule has 0 atom stereocenters. The molecule has 5 nitrogen and oxygen atoms in total. The first-order chi connectivity index (χ1) is 9.82. The standard InChI is InChI=1S/C15H20N2O3S/c1-12(2)11-21(19,20)8-4-7-15(18)17-14-6-3-5-13(9-14)10-16/h3,5-6,9,12H,4,7-8,11H2,1-2H3,(H,17,18). The second-order valence-corrected chi connectivity index (χ2v) is 7.58. The van der Waals surface area contributed by atoms with Crippen LogP contribution in [-0.2, 0) is 14.6 Å². The summed E-state index contributed by atoms with van der Waals surface area (Å²) < 4.78 is 23.4. The molecule has 0 radical (unpaired) electrons. The molecular formula is C15H20N2O3S. The van der Waals surface area contributed by atoms with Gasteiger partial charge in [-0.15, -0.1) is 0 Å². The molecule has 0 fully saturated rings. The van der Waals surface area contributed by atoms with Crippen molar-refractivity contribution in [2.24, 2.45) is 5.92 Å². The van der Waals surface area contributed by atoms with Gasteiger partial charge in [-0.2, -0.15) is 5.26 Å². The molecule has 6 heteroatoms. The van der Waals surface area contributed by atoms with Crippen molar-refractivity contribution in [3.63, 3.8) is 0 Å². The Labute approximate surface area is 125 Å². The van der Waals surface area contributed by atoms with Crippen LogP contribution < -0.4 is 5.32 Å². The van der Waals surface area contributed by atoms with E-state index in [1.807, 2.05) is 19.9 Å². The van der Waals surface area contributed by atoms with Crippen LogP contribution in [0.15, 0.2) is 24.3 Å². The van der Waals surface area contributed by atoms with Gasteiger partial charge in [-0.3, -0.25) is 4.79 Å². The minimum absolute atomic E-state index is 0.0246. The molecule has 0 spiro atoms. The summed E-state index contributed by atoms with van der Waals surface area (Å²) in [6.07, 6.45) is 0.451. The van der Waals surface area contributed by atoms with Crippen molar-refractivity contribution in [2.45, 2.75) is 26.7 Å². The molecule has 0 aliphatic carbocycles. The number of rotatable bonds is 7. The fourth-order valence-electron chi connectivity index (χ4n) is 1.93. The Morgan fingerprint density at radius 2 is 2.10 bits per heavy atom. The zero-order valence-corrected chi connectivity index (χ0v) is 13.1. The Morgan fingerprint density at radius 3 is 2.71 bits per heavy atom. The van der Waals surface area contributed by atoms with E-state index in [2.05, 4.69) is 5.32 Å². The Balaban J connectivity index is 2.43. The molecule has 0 saturated heterocycles. The van der Waals surface area contributed by atoms with Crippen LogP contribution in [0.1, 0.15) is 32.3 Å². The highest BCUT2D eigenvalue weighted by molar-refractivity contribution is 7.91. The van der Waals surface area contributed by atoms with E-state index in [-0.39, 0.29) is 29.8 Å². The summed E-state index contributed by atoms with van der Waals surface area (Å²) in [5, 5.41) is 11.4. The molecule has 0 aliphatic heterocycles. The lowest BCUT2D eigenvalue weighted by atomic mass is 10.2. The summed E-state index contributed by atoms with van der Waals surface area (Å²) >= 11 is 0. The highest BCUT2D eigenvalue weighted by Crippen LogP contribution is 2.11. The largest absolute Gasteiger partial charge is 0.326 e. The third-order valence-corrected chi connectivity index (χ3v) is 4.81. The van der Waals surface area contributed by atoms with Crippen molar-refractivity contribution in [2.75, 3.05) is 16.8 Å². The van der Waals surface area contributed by atoms with Crippen LogP contribution in [0.5, 0.6) is 0 Å². The first kappa shape index (κ1) is 17.2. The molecule has 0 aromatic heterocycles. The van der Waals surface area contributed by atoms with Gasteiger partial charge in [-0.05, 0) is 30.5 Å². The van der Waals surface area contributed by atoms with Crippen LogP contribution >= 0.6 is 0 Å². The highest BCUT2D eigenvalue weighted by atomic mass is 32.2. The van der Waals surface area contributed by atoms with Crippen LogP contribution in [0.2, 0.25) is 0 Å². The third-order valence-electron chi connectivity index (χ3n) is 2.72. The maximum absolute atomic E-state index is 11.7. The van der Waals surface area contributed by atoms with Gasteiger partial charge in [0.1, 0.15) is 0 Å². The molecule has 0 heterocycles. The first-order valence-electron chi connectivity index (χ1n) is 6.83. The Hall–Kier alpha value is -1.87. The number of benzene rings is 1. The number of carbonyl (C=O) groups excluding carboxylic acids is 1. The van der Waals surface area contributed by atoms with Gasteiger partial charge in [0.25, 0.3) is 0 Å². The number of nitriles is 1. The molecule has 0 aliphatic rings. The van der Waals surface area contributed by atoms with Gasteiger partial charge in [-0.1, -0.05) is 19.9 Å². The van der Waals surface area contributed by atoms with E-state index < -0.39 is 9.84 Å². The van der Waals surface area contributed by atoms with Crippen molar-refractivity contribution in [3.05, 3.63) is 29.8 Å². The molecule has 1 rings (SSSR count). The first-order valence-corrected chi connectivity index (χ1v) is 8.65. The number of nitrogens with zero attached hydrogens (tertiary/aromatic N) is 1. The zero-order chi connectivity index (χ0) is 15.9. The van der Waals surface area contributed by atoms with Crippen molar-refractivity contribution in [1.82, 2.24) is 0 Å². The summed E-state index contributed by atoms with van der Waals surface area (Å²) in [5.74, 6) is 0.0257. The number of carbonyl (C=O) groups is 1. The SMILES string of the molecule is CC(C)CS(=O)(=O)CCCC(=O)Nc1cccc(C#N)c1. The second-order valence-electron chi connectivity index (χ2n) is 5.35. The summed E-state index contributed by atoms with van der Waals surface area (Å²) in [7, 11) is -3.08. The number of anilines is 1. The average molecular weight is 308 g/mol. The van der Waals surface area contributed by atoms with Gasteiger partial charge in [0, 0.05) is 12.1 Å². The van der Waals surface area contributed by atoms with Crippen molar-refractivity contribution < 1.29 is 13.2 Å². The van der Waals surface area contributed by atoms with Gasteiger partial charge in [0.15, 0.2) is 9.84 Å². The minimum Gasteiger partial charge on any atom is -0.326 e. The Morgan fingerprint density at radius 1 is 1.38 bits per heavy atom. The lowest BCUT2D eigenvalue weighted by Crippen LogP contribution is -2.18. The monoisotopic (exact) mass is 308 g/mol.